The number of hydrogen-bond donors (Lipinski definition) is 0. The zero-order chi connectivity index (χ0) is 12.1. The molecular formula is C12H24O4. The molecule has 4 heteroatoms. The van der Waals surface area contributed by atoms with Gasteiger partial charge < -0.3 is 18.9 Å². The van der Waals surface area contributed by atoms with Gasteiger partial charge in [0.2, 0.25) is 0 Å². The smallest absolute Gasteiger partial charge is 0.178 e. The van der Waals surface area contributed by atoms with Gasteiger partial charge in [0.1, 0.15) is 0 Å². The molecule has 1 saturated carbocycles. The van der Waals surface area contributed by atoms with Crippen LogP contribution in [0.5, 0.6) is 0 Å². The number of ether oxygens (including phenoxy) is 4. The first-order valence-electron chi connectivity index (χ1n) is 6.21. The lowest BCUT2D eigenvalue weighted by Gasteiger charge is -2.53. The largest absolute Gasteiger partial charge is 0.350 e. The monoisotopic (exact) mass is 232 g/mol. The fraction of sp³-hybridized carbons (Fsp3) is 1.00. The predicted molar refractivity (Wildman–Crippen MR) is 61.2 cm³/mol. The second-order valence-corrected chi connectivity index (χ2v) is 3.91. The summed E-state index contributed by atoms with van der Waals surface area (Å²) in [5.74, 6) is -0.984. The molecule has 0 N–H and O–H groups in total. The summed E-state index contributed by atoms with van der Waals surface area (Å²) in [5.41, 5.74) is 0. The lowest BCUT2D eigenvalue weighted by atomic mass is 9.83. The average molecular weight is 232 g/mol. The van der Waals surface area contributed by atoms with Crippen LogP contribution in [-0.2, 0) is 18.9 Å². The molecule has 96 valence electrons. The fourth-order valence-corrected chi connectivity index (χ4v) is 2.31. The minimum absolute atomic E-state index is 0.492. The van der Waals surface area contributed by atoms with E-state index in [0.717, 1.165) is 0 Å². The molecule has 0 bridgehead atoms. The maximum atomic E-state index is 5.67. The molecule has 0 radical (unpaired) electrons. The second kappa shape index (κ2) is 5.96. The molecule has 1 rings (SSSR count). The van der Waals surface area contributed by atoms with E-state index in [-0.39, 0.29) is 0 Å². The molecular weight excluding hydrogens is 208 g/mol. The molecule has 0 heterocycles. The van der Waals surface area contributed by atoms with Crippen LogP contribution in [0.15, 0.2) is 0 Å². The average Bonchev–Trinajstić information content (AvgIpc) is 2.17. The Balaban J connectivity index is 2.56. The van der Waals surface area contributed by atoms with E-state index in [2.05, 4.69) is 0 Å². The van der Waals surface area contributed by atoms with E-state index in [1.165, 1.54) is 0 Å². The van der Waals surface area contributed by atoms with Crippen LogP contribution in [0.2, 0.25) is 0 Å². The predicted octanol–water partition coefficient (Wildman–Crippen LogP) is 2.32. The Labute approximate surface area is 98.2 Å². The second-order valence-electron chi connectivity index (χ2n) is 3.91. The van der Waals surface area contributed by atoms with Crippen LogP contribution in [0.4, 0.5) is 0 Å². The minimum atomic E-state index is -0.492. The van der Waals surface area contributed by atoms with Gasteiger partial charge in [-0.1, -0.05) is 0 Å². The third kappa shape index (κ3) is 2.94. The fourth-order valence-electron chi connectivity index (χ4n) is 2.31. The van der Waals surface area contributed by atoms with E-state index in [0.29, 0.717) is 39.3 Å². The lowest BCUT2D eigenvalue weighted by Crippen LogP contribution is -2.62. The quantitative estimate of drug-likeness (QED) is 0.602. The summed E-state index contributed by atoms with van der Waals surface area (Å²) in [6, 6.07) is 0. The Kier molecular flexibility index (Phi) is 5.18. The number of hydrogen-bond acceptors (Lipinski definition) is 4. The normalized spacial score (nSPS) is 21.8. The van der Waals surface area contributed by atoms with E-state index in [4.69, 9.17) is 18.9 Å². The highest BCUT2D eigenvalue weighted by atomic mass is 16.7. The van der Waals surface area contributed by atoms with Gasteiger partial charge in [-0.3, -0.25) is 0 Å². The van der Waals surface area contributed by atoms with Crippen LogP contribution >= 0.6 is 0 Å². The van der Waals surface area contributed by atoms with Crippen molar-refractivity contribution in [3.05, 3.63) is 0 Å². The van der Waals surface area contributed by atoms with Crippen molar-refractivity contribution in [3.63, 3.8) is 0 Å². The minimum Gasteiger partial charge on any atom is -0.350 e. The molecule has 0 atom stereocenters. The van der Waals surface area contributed by atoms with E-state index < -0.39 is 11.6 Å². The van der Waals surface area contributed by atoms with Crippen molar-refractivity contribution in [2.45, 2.75) is 52.1 Å². The lowest BCUT2D eigenvalue weighted by molar-refractivity contribution is -0.404. The summed E-state index contributed by atoms with van der Waals surface area (Å²) in [6.45, 7) is 10.5. The molecule has 1 aliphatic rings. The van der Waals surface area contributed by atoms with Gasteiger partial charge in [-0.25, -0.2) is 0 Å². The van der Waals surface area contributed by atoms with Gasteiger partial charge >= 0.3 is 0 Å². The summed E-state index contributed by atoms with van der Waals surface area (Å²) in [4.78, 5) is 0. The topological polar surface area (TPSA) is 36.9 Å². The molecule has 0 spiro atoms. The molecule has 0 amide bonds. The van der Waals surface area contributed by atoms with Crippen molar-refractivity contribution in [1.82, 2.24) is 0 Å². The zero-order valence-corrected chi connectivity index (χ0v) is 10.9. The van der Waals surface area contributed by atoms with E-state index >= 15 is 0 Å². The van der Waals surface area contributed by atoms with Crippen molar-refractivity contribution < 1.29 is 18.9 Å². The van der Waals surface area contributed by atoms with Gasteiger partial charge in [-0.2, -0.15) is 0 Å². The Hall–Kier alpha value is -0.160. The zero-order valence-electron chi connectivity index (χ0n) is 10.9. The van der Waals surface area contributed by atoms with Gasteiger partial charge in [0, 0.05) is 26.4 Å². The third-order valence-corrected chi connectivity index (χ3v) is 2.71. The highest BCUT2D eigenvalue weighted by Crippen LogP contribution is 2.48. The van der Waals surface area contributed by atoms with Crippen LogP contribution < -0.4 is 0 Å². The Morgan fingerprint density at radius 1 is 0.625 bits per heavy atom. The van der Waals surface area contributed by atoms with E-state index in [9.17, 15) is 0 Å². The standard InChI is InChI=1S/C12H24O4/c1-5-13-11(14-6-2)9-12(10-11,15-7-3)16-8-4/h5-10H2,1-4H3. The van der Waals surface area contributed by atoms with Crippen LogP contribution in [0, 0.1) is 0 Å². The van der Waals surface area contributed by atoms with Crippen LogP contribution in [0.25, 0.3) is 0 Å². The first-order valence-corrected chi connectivity index (χ1v) is 6.21. The molecule has 0 aromatic heterocycles. The first kappa shape index (κ1) is 13.9. The van der Waals surface area contributed by atoms with Crippen molar-refractivity contribution in [1.29, 1.82) is 0 Å². The highest BCUT2D eigenvalue weighted by molar-refractivity contribution is 4.97. The molecule has 0 unspecified atom stereocenters. The Morgan fingerprint density at radius 3 is 1.06 bits per heavy atom. The molecule has 4 nitrogen and oxygen atoms in total. The summed E-state index contributed by atoms with van der Waals surface area (Å²) in [5, 5.41) is 0. The van der Waals surface area contributed by atoms with Gasteiger partial charge in [0.05, 0.1) is 12.8 Å². The summed E-state index contributed by atoms with van der Waals surface area (Å²) < 4.78 is 22.7. The first-order chi connectivity index (χ1) is 7.66. The third-order valence-electron chi connectivity index (χ3n) is 2.71. The van der Waals surface area contributed by atoms with Crippen LogP contribution in [0.1, 0.15) is 40.5 Å². The van der Waals surface area contributed by atoms with Gasteiger partial charge in [-0.15, -0.1) is 0 Å². The molecule has 0 aromatic rings. The maximum absolute atomic E-state index is 5.67. The van der Waals surface area contributed by atoms with Gasteiger partial charge in [0.25, 0.3) is 0 Å². The van der Waals surface area contributed by atoms with Crippen molar-refractivity contribution in [3.8, 4) is 0 Å². The molecule has 0 saturated heterocycles. The van der Waals surface area contributed by atoms with Crippen LogP contribution in [-0.4, -0.2) is 38.0 Å². The molecule has 1 aliphatic carbocycles. The molecule has 0 aromatic carbocycles. The summed E-state index contributed by atoms with van der Waals surface area (Å²) in [6.07, 6.45) is 1.31. The molecule has 0 aliphatic heterocycles. The number of rotatable bonds is 8. The Morgan fingerprint density at radius 2 is 0.875 bits per heavy atom. The van der Waals surface area contributed by atoms with E-state index in [1.54, 1.807) is 0 Å². The SMILES string of the molecule is CCOC1(OCC)CC(OCC)(OCC)C1. The highest BCUT2D eigenvalue weighted by Gasteiger charge is 2.58. The van der Waals surface area contributed by atoms with Crippen molar-refractivity contribution >= 4 is 0 Å². The maximum Gasteiger partial charge on any atom is 0.178 e. The van der Waals surface area contributed by atoms with Crippen LogP contribution in [0.3, 0.4) is 0 Å². The van der Waals surface area contributed by atoms with Crippen molar-refractivity contribution in [2.75, 3.05) is 26.4 Å². The molecule has 16 heavy (non-hydrogen) atoms. The summed E-state index contributed by atoms with van der Waals surface area (Å²) >= 11 is 0. The summed E-state index contributed by atoms with van der Waals surface area (Å²) in [7, 11) is 0. The molecule has 1 fully saturated rings. The van der Waals surface area contributed by atoms with Gasteiger partial charge in [-0.05, 0) is 27.7 Å². The van der Waals surface area contributed by atoms with Gasteiger partial charge in [0.15, 0.2) is 11.6 Å². The van der Waals surface area contributed by atoms with E-state index in [1.807, 2.05) is 27.7 Å². The Bertz CT molecular complexity index is 163. The van der Waals surface area contributed by atoms with Crippen molar-refractivity contribution in [2.24, 2.45) is 0 Å².